The van der Waals surface area contributed by atoms with E-state index in [0.29, 0.717) is 17.4 Å². The maximum absolute atomic E-state index is 12.2. The summed E-state index contributed by atoms with van der Waals surface area (Å²) in [4.78, 5) is 13.9. The Bertz CT molecular complexity index is 431. The molecule has 98 valence electrons. The van der Waals surface area contributed by atoms with Gasteiger partial charge in [0.05, 0.1) is 0 Å². The van der Waals surface area contributed by atoms with Gasteiger partial charge in [0.15, 0.2) is 11.5 Å². The van der Waals surface area contributed by atoms with Gasteiger partial charge in [0.1, 0.15) is 6.61 Å². The summed E-state index contributed by atoms with van der Waals surface area (Å²) in [6.45, 7) is 5.16. The van der Waals surface area contributed by atoms with E-state index in [4.69, 9.17) is 9.47 Å². The Balaban J connectivity index is 2.02. The van der Waals surface area contributed by atoms with Gasteiger partial charge in [-0.3, -0.25) is 4.79 Å². The van der Waals surface area contributed by atoms with Gasteiger partial charge in [-0.25, -0.2) is 0 Å². The predicted molar refractivity (Wildman–Crippen MR) is 68.8 cm³/mol. The Labute approximate surface area is 107 Å². The second-order valence-electron chi connectivity index (χ2n) is 4.98. The molecule has 4 nitrogen and oxygen atoms in total. The summed E-state index contributed by atoms with van der Waals surface area (Å²) < 4.78 is 11.2. The molecule has 1 aliphatic rings. The number of carbonyl (C=O) groups is 1. The lowest BCUT2D eigenvalue weighted by Crippen LogP contribution is -2.45. The van der Waals surface area contributed by atoms with Crippen LogP contribution in [0.5, 0.6) is 11.5 Å². The molecule has 1 aliphatic heterocycles. The monoisotopic (exact) mass is 249 g/mol. The first-order valence-corrected chi connectivity index (χ1v) is 6.21. The Morgan fingerprint density at radius 3 is 2.72 bits per heavy atom. The van der Waals surface area contributed by atoms with Gasteiger partial charge in [-0.1, -0.05) is 26.0 Å². The number of carbonyl (C=O) groups excluding carboxylic acids is 1. The molecule has 1 aromatic rings. The molecule has 1 atom stereocenters. The largest absolute Gasteiger partial charge is 0.485 e. The minimum atomic E-state index is -0.538. The molecule has 0 N–H and O–H groups in total. The van der Waals surface area contributed by atoms with Crippen molar-refractivity contribution in [1.82, 2.24) is 4.90 Å². The third-order valence-corrected chi connectivity index (χ3v) is 2.80. The van der Waals surface area contributed by atoms with Gasteiger partial charge in [-0.2, -0.15) is 0 Å². The van der Waals surface area contributed by atoms with Crippen molar-refractivity contribution in [3.63, 3.8) is 0 Å². The highest BCUT2D eigenvalue weighted by molar-refractivity contribution is 5.81. The Morgan fingerprint density at radius 1 is 1.39 bits per heavy atom. The number of benzene rings is 1. The quantitative estimate of drug-likeness (QED) is 0.821. The molecular weight excluding hydrogens is 230 g/mol. The smallest absolute Gasteiger partial charge is 0.267 e. The minimum Gasteiger partial charge on any atom is -0.485 e. The molecule has 2 rings (SSSR count). The van der Waals surface area contributed by atoms with Crippen molar-refractivity contribution in [3.8, 4) is 11.5 Å². The highest BCUT2D eigenvalue weighted by atomic mass is 16.6. The van der Waals surface area contributed by atoms with Crippen LogP contribution in [-0.2, 0) is 4.79 Å². The molecule has 0 aliphatic carbocycles. The lowest BCUT2D eigenvalue weighted by Gasteiger charge is -2.29. The van der Waals surface area contributed by atoms with Crippen molar-refractivity contribution in [2.75, 3.05) is 20.2 Å². The van der Waals surface area contributed by atoms with Crippen LogP contribution in [-0.4, -0.2) is 37.1 Å². The highest BCUT2D eigenvalue weighted by Gasteiger charge is 2.29. The zero-order valence-electron chi connectivity index (χ0n) is 11.1. The number of rotatable bonds is 3. The van der Waals surface area contributed by atoms with E-state index in [2.05, 4.69) is 13.8 Å². The van der Waals surface area contributed by atoms with Gasteiger partial charge in [0, 0.05) is 13.6 Å². The van der Waals surface area contributed by atoms with E-state index in [1.54, 1.807) is 11.9 Å². The van der Waals surface area contributed by atoms with Crippen LogP contribution in [0.15, 0.2) is 24.3 Å². The number of likely N-dealkylation sites (N-methyl/N-ethyl adjacent to an activating group) is 1. The van der Waals surface area contributed by atoms with Gasteiger partial charge in [-0.15, -0.1) is 0 Å². The summed E-state index contributed by atoms with van der Waals surface area (Å²) in [6, 6.07) is 7.41. The fraction of sp³-hybridized carbons (Fsp3) is 0.500. The van der Waals surface area contributed by atoms with Gasteiger partial charge in [-0.05, 0) is 18.1 Å². The van der Waals surface area contributed by atoms with Crippen molar-refractivity contribution < 1.29 is 14.3 Å². The molecule has 1 unspecified atom stereocenters. The molecule has 0 aromatic heterocycles. The van der Waals surface area contributed by atoms with Crippen LogP contribution in [0.25, 0.3) is 0 Å². The molecule has 0 spiro atoms. The lowest BCUT2D eigenvalue weighted by atomic mass is 10.2. The Morgan fingerprint density at radius 2 is 2.06 bits per heavy atom. The molecule has 4 heteroatoms. The molecule has 0 saturated carbocycles. The summed E-state index contributed by atoms with van der Waals surface area (Å²) in [5.74, 6) is 1.75. The summed E-state index contributed by atoms with van der Waals surface area (Å²) >= 11 is 0. The van der Waals surface area contributed by atoms with Crippen LogP contribution >= 0.6 is 0 Å². The maximum Gasteiger partial charge on any atom is 0.267 e. The third-order valence-electron chi connectivity index (χ3n) is 2.80. The summed E-state index contributed by atoms with van der Waals surface area (Å²) in [5.41, 5.74) is 0. The van der Waals surface area contributed by atoms with E-state index in [1.807, 2.05) is 24.3 Å². The Hall–Kier alpha value is -1.71. The summed E-state index contributed by atoms with van der Waals surface area (Å²) in [5, 5.41) is 0. The average molecular weight is 249 g/mol. The number of ether oxygens (including phenoxy) is 2. The average Bonchev–Trinajstić information content (AvgIpc) is 2.36. The van der Waals surface area contributed by atoms with Gasteiger partial charge < -0.3 is 14.4 Å². The van der Waals surface area contributed by atoms with Crippen LogP contribution < -0.4 is 9.47 Å². The molecular formula is C14H19NO3. The third kappa shape index (κ3) is 2.75. The SMILES string of the molecule is CC(C)CN(C)C(=O)C1COc2ccccc2O1. The van der Waals surface area contributed by atoms with Crippen LogP contribution in [0.1, 0.15) is 13.8 Å². The fourth-order valence-corrected chi connectivity index (χ4v) is 2.02. The molecule has 0 fully saturated rings. The summed E-state index contributed by atoms with van der Waals surface area (Å²) in [6.07, 6.45) is -0.538. The fourth-order valence-electron chi connectivity index (χ4n) is 2.02. The van der Waals surface area contributed by atoms with Crippen molar-refractivity contribution in [2.24, 2.45) is 5.92 Å². The first-order valence-electron chi connectivity index (χ1n) is 6.21. The van der Waals surface area contributed by atoms with Crippen LogP contribution in [0.3, 0.4) is 0 Å². The van der Waals surface area contributed by atoms with E-state index in [1.165, 1.54) is 0 Å². The minimum absolute atomic E-state index is 0.0294. The van der Waals surface area contributed by atoms with E-state index < -0.39 is 6.10 Å². The maximum atomic E-state index is 12.2. The van der Waals surface area contributed by atoms with Crippen LogP contribution in [0, 0.1) is 5.92 Å². The summed E-state index contributed by atoms with van der Waals surface area (Å²) in [7, 11) is 1.80. The zero-order valence-corrected chi connectivity index (χ0v) is 11.1. The molecule has 1 heterocycles. The molecule has 18 heavy (non-hydrogen) atoms. The molecule has 1 amide bonds. The van der Waals surface area contributed by atoms with Crippen molar-refractivity contribution in [1.29, 1.82) is 0 Å². The van der Waals surface area contributed by atoms with E-state index >= 15 is 0 Å². The standard InChI is InChI=1S/C14H19NO3/c1-10(2)8-15(3)14(16)13-9-17-11-6-4-5-7-12(11)18-13/h4-7,10,13H,8-9H2,1-3H3. The van der Waals surface area contributed by atoms with Crippen molar-refractivity contribution >= 4 is 5.91 Å². The molecule has 0 radical (unpaired) electrons. The van der Waals surface area contributed by atoms with Gasteiger partial charge in [0.2, 0.25) is 6.10 Å². The topological polar surface area (TPSA) is 38.8 Å². The van der Waals surface area contributed by atoms with Crippen molar-refractivity contribution in [2.45, 2.75) is 20.0 Å². The first kappa shape index (κ1) is 12.7. The van der Waals surface area contributed by atoms with E-state index in [9.17, 15) is 4.79 Å². The number of amides is 1. The van der Waals surface area contributed by atoms with Crippen LogP contribution in [0.4, 0.5) is 0 Å². The number of hydrogen-bond donors (Lipinski definition) is 0. The Kier molecular flexibility index (Phi) is 3.75. The zero-order chi connectivity index (χ0) is 13.1. The normalized spacial score (nSPS) is 17.7. The number of nitrogens with zero attached hydrogens (tertiary/aromatic N) is 1. The second-order valence-corrected chi connectivity index (χ2v) is 4.98. The number of fused-ring (bicyclic) bond motifs is 1. The molecule has 0 saturated heterocycles. The molecule has 0 bridgehead atoms. The highest BCUT2D eigenvalue weighted by Crippen LogP contribution is 2.31. The van der Waals surface area contributed by atoms with Gasteiger partial charge >= 0.3 is 0 Å². The molecule has 1 aromatic carbocycles. The number of para-hydroxylation sites is 2. The second kappa shape index (κ2) is 5.29. The van der Waals surface area contributed by atoms with E-state index in [-0.39, 0.29) is 12.5 Å². The lowest BCUT2D eigenvalue weighted by molar-refractivity contribution is -0.140. The van der Waals surface area contributed by atoms with Crippen molar-refractivity contribution in [3.05, 3.63) is 24.3 Å². The number of hydrogen-bond acceptors (Lipinski definition) is 3. The predicted octanol–water partition coefficient (Wildman–Crippen LogP) is 1.94. The van der Waals surface area contributed by atoms with Gasteiger partial charge in [0.25, 0.3) is 5.91 Å². The van der Waals surface area contributed by atoms with E-state index in [0.717, 1.165) is 6.54 Å². The first-order chi connectivity index (χ1) is 8.58. The van der Waals surface area contributed by atoms with Crippen LogP contribution in [0.2, 0.25) is 0 Å².